The second-order valence-electron chi connectivity index (χ2n) is 3.73. The molecule has 5 heteroatoms. The molecule has 1 aromatic heterocycles. The molecule has 0 fully saturated rings. The van der Waals surface area contributed by atoms with Gasteiger partial charge in [-0.05, 0) is 49.9 Å². The van der Waals surface area contributed by atoms with Crippen LogP contribution in [0.25, 0.3) is 0 Å². The summed E-state index contributed by atoms with van der Waals surface area (Å²) in [6.07, 6.45) is 0. The molecule has 0 aliphatic rings. The number of aryl methyl sites for hydroxylation is 2. The fourth-order valence-corrected chi connectivity index (χ4v) is 2.31. The fourth-order valence-electron chi connectivity index (χ4n) is 1.44. The second-order valence-corrected chi connectivity index (χ2v) is 4.73. The van der Waals surface area contributed by atoms with E-state index in [1.54, 1.807) is 12.1 Å². The van der Waals surface area contributed by atoms with Crippen LogP contribution in [0.15, 0.2) is 34.3 Å². The van der Waals surface area contributed by atoms with Gasteiger partial charge in [-0.15, -0.1) is 0 Å². The first-order valence-electron chi connectivity index (χ1n) is 5.10. The lowest BCUT2D eigenvalue weighted by molar-refractivity contribution is 0.602. The summed E-state index contributed by atoms with van der Waals surface area (Å²) < 4.78 is 13.6. The van der Waals surface area contributed by atoms with E-state index in [4.69, 9.17) is 5.73 Å². The lowest BCUT2D eigenvalue weighted by Crippen LogP contribution is -1.94. The maximum atomic E-state index is 13.6. The van der Waals surface area contributed by atoms with Crippen molar-refractivity contribution in [2.24, 2.45) is 0 Å². The van der Waals surface area contributed by atoms with Crippen LogP contribution in [0.5, 0.6) is 0 Å². The van der Waals surface area contributed by atoms with Crippen LogP contribution in [0.3, 0.4) is 0 Å². The smallest absolute Gasteiger partial charge is 0.192 e. The Balaban J connectivity index is 2.31. The van der Waals surface area contributed by atoms with E-state index in [0.29, 0.717) is 15.7 Å². The Labute approximate surface area is 103 Å². The summed E-state index contributed by atoms with van der Waals surface area (Å²) >= 11 is 1.20. The highest BCUT2D eigenvalue weighted by Gasteiger charge is 2.07. The van der Waals surface area contributed by atoms with Crippen LogP contribution < -0.4 is 5.73 Å². The molecular weight excluding hydrogens is 237 g/mol. The van der Waals surface area contributed by atoms with Crippen molar-refractivity contribution in [1.82, 2.24) is 9.97 Å². The monoisotopic (exact) mass is 249 g/mol. The summed E-state index contributed by atoms with van der Waals surface area (Å²) in [5.41, 5.74) is 7.64. The average molecular weight is 249 g/mol. The van der Waals surface area contributed by atoms with Crippen LogP contribution in [0.1, 0.15) is 11.4 Å². The van der Waals surface area contributed by atoms with E-state index < -0.39 is 0 Å². The van der Waals surface area contributed by atoms with Crippen LogP contribution >= 0.6 is 11.8 Å². The van der Waals surface area contributed by atoms with Gasteiger partial charge in [0, 0.05) is 17.1 Å². The number of nitrogens with zero attached hydrogens (tertiary/aromatic N) is 2. The summed E-state index contributed by atoms with van der Waals surface area (Å²) in [4.78, 5) is 8.97. The summed E-state index contributed by atoms with van der Waals surface area (Å²) in [5.74, 6) is -0.349. The Morgan fingerprint density at radius 1 is 1.12 bits per heavy atom. The van der Waals surface area contributed by atoms with Crippen LogP contribution in [0.4, 0.5) is 10.1 Å². The molecule has 2 aromatic rings. The van der Waals surface area contributed by atoms with Gasteiger partial charge in [0.05, 0.1) is 4.90 Å². The van der Waals surface area contributed by atoms with Gasteiger partial charge in [0.25, 0.3) is 0 Å². The predicted molar refractivity (Wildman–Crippen MR) is 66.4 cm³/mol. The maximum absolute atomic E-state index is 13.6. The van der Waals surface area contributed by atoms with E-state index in [-0.39, 0.29) is 5.82 Å². The molecule has 2 rings (SSSR count). The first-order valence-corrected chi connectivity index (χ1v) is 5.91. The van der Waals surface area contributed by atoms with Gasteiger partial charge in [-0.25, -0.2) is 14.4 Å². The molecule has 0 spiro atoms. The number of nitrogen functional groups attached to an aromatic ring is 1. The zero-order valence-electron chi connectivity index (χ0n) is 9.57. The standard InChI is InChI=1S/C12H12FN3S/c1-7-5-8(2)16-12(15-7)17-11-4-3-9(14)6-10(11)13/h3-6H,14H2,1-2H3. The summed E-state index contributed by atoms with van der Waals surface area (Å²) in [5, 5.41) is 0.547. The molecule has 1 heterocycles. The summed E-state index contributed by atoms with van der Waals surface area (Å²) in [6.45, 7) is 3.77. The van der Waals surface area contributed by atoms with Crippen LogP contribution in [-0.2, 0) is 0 Å². The normalized spacial score (nSPS) is 10.5. The van der Waals surface area contributed by atoms with E-state index in [1.807, 2.05) is 19.9 Å². The zero-order valence-corrected chi connectivity index (χ0v) is 10.4. The Bertz CT molecular complexity index is 537. The van der Waals surface area contributed by atoms with Crippen LogP contribution in [-0.4, -0.2) is 9.97 Å². The Morgan fingerprint density at radius 3 is 2.35 bits per heavy atom. The molecule has 88 valence electrons. The summed E-state index contributed by atoms with van der Waals surface area (Å²) in [6, 6.07) is 6.47. The van der Waals surface area contributed by atoms with E-state index in [1.165, 1.54) is 17.8 Å². The van der Waals surface area contributed by atoms with Crippen molar-refractivity contribution in [2.45, 2.75) is 23.9 Å². The number of rotatable bonds is 2. The van der Waals surface area contributed by atoms with Crippen molar-refractivity contribution in [1.29, 1.82) is 0 Å². The number of hydrogen-bond acceptors (Lipinski definition) is 4. The third-order valence-corrected chi connectivity index (χ3v) is 3.04. The average Bonchev–Trinajstić information content (AvgIpc) is 2.21. The molecule has 0 saturated heterocycles. The Hall–Kier alpha value is -1.62. The molecule has 0 aliphatic heterocycles. The highest BCUT2D eigenvalue weighted by atomic mass is 32.2. The Morgan fingerprint density at radius 2 is 1.76 bits per heavy atom. The summed E-state index contributed by atoms with van der Waals surface area (Å²) in [7, 11) is 0. The molecule has 3 nitrogen and oxygen atoms in total. The molecule has 0 saturated carbocycles. The van der Waals surface area contributed by atoms with Crippen molar-refractivity contribution in [3.8, 4) is 0 Å². The molecule has 2 N–H and O–H groups in total. The minimum atomic E-state index is -0.349. The maximum Gasteiger partial charge on any atom is 0.192 e. The lowest BCUT2D eigenvalue weighted by Gasteiger charge is -2.04. The highest BCUT2D eigenvalue weighted by molar-refractivity contribution is 7.99. The Kier molecular flexibility index (Phi) is 3.28. The SMILES string of the molecule is Cc1cc(C)nc(Sc2ccc(N)cc2F)n1. The number of halogens is 1. The first kappa shape index (κ1) is 11.9. The molecule has 17 heavy (non-hydrogen) atoms. The van der Waals surface area contributed by atoms with Crippen molar-refractivity contribution in [2.75, 3.05) is 5.73 Å². The number of anilines is 1. The van der Waals surface area contributed by atoms with Gasteiger partial charge in [-0.2, -0.15) is 0 Å². The van der Waals surface area contributed by atoms with E-state index in [9.17, 15) is 4.39 Å². The van der Waals surface area contributed by atoms with Gasteiger partial charge in [-0.3, -0.25) is 0 Å². The van der Waals surface area contributed by atoms with Crippen LogP contribution in [0, 0.1) is 19.7 Å². The van der Waals surface area contributed by atoms with Gasteiger partial charge in [0.15, 0.2) is 5.16 Å². The van der Waals surface area contributed by atoms with E-state index >= 15 is 0 Å². The molecule has 0 atom stereocenters. The number of hydrogen-bond donors (Lipinski definition) is 1. The van der Waals surface area contributed by atoms with Crippen molar-refractivity contribution in [3.63, 3.8) is 0 Å². The third-order valence-electron chi connectivity index (χ3n) is 2.12. The quantitative estimate of drug-likeness (QED) is 0.656. The molecule has 0 aliphatic carbocycles. The fraction of sp³-hybridized carbons (Fsp3) is 0.167. The molecule has 1 aromatic carbocycles. The number of aromatic nitrogens is 2. The zero-order chi connectivity index (χ0) is 12.4. The van der Waals surface area contributed by atoms with Gasteiger partial charge >= 0.3 is 0 Å². The number of nitrogens with two attached hydrogens (primary N) is 1. The lowest BCUT2D eigenvalue weighted by atomic mass is 10.3. The van der Waals surface area contributed by atoms with E-state index in [0.717, 1.165) is 11.4 Å². The highest BCUT2D eigenvalue weighted by Crippen LogP contribution is 2.28. The van der Waals surface area contributed by atoms with Gasteiger partial charge < -0.3 is 5.73 Å². The van der Waals surface area contributed by atoms with E-state index in [2.05, 4.69) is 9.97 Å². The van der Waals surface area contributed by atoms with Crippen molar-refractivity contribution < 1.29 is 4.39 Å². The minimum Gasteiger partial charge on any atom is -0.399 e. The molecule has 0 radical (unpaired) electrons. The number of benzene rings is 1. The molecule has 0 unspecified atom stereocenters. The first-order chi connectivity index (χ1) is 8.04. The molecular formula is C12H12FN3S. The van der Waals surface area contributed by atoms with Crippen molar-refractivity contribution >= 4 is 17.4 Å². The predicted octanol–water partition coefficient (Wildman–Crippen LogP) is 2.97. The van der Waals surface area contributed by atoms with Gasteiger partial charge in [0.2, 0.25) is 0 Å². The second kappa shape index (κ2) is 4.71. The van der Waals surface area contributed by atoms with Crippen molar-refractivity contribution in [3.05, 3.63) is 41.5 Å². The van der Waals surface area contributed by atoms with Crippen LogP contribution in [0.2, 0.25) is 0 Å². The molecule has 0 amide bonds. The van der Waals surface area contributed by atoms with Gasteiger partial charge in [0.1, 0.15) is 5.82 Å². The topological polar surface area (TPSA) is 51.8 Å². The molecule has 0 bridgehead atoms. The third kappa shape index (κ3) is 2.94. The largest absolute Gasteiger partial charge is 0.399 e. The van der Waals surface area contributed by atoms with Gasteiger partial charge in [-0.1, -0.05) is 0 Å². The minimum absolute atomic E-state index is 0.349.